The van der Waals surface area contributed by atoms with Gasteiger partial charge in [0, 0.05) is 30.2 Å². The van der Waals surface area contributed by atoms with Crippen LogP contribution in [0.15, 0.2) is 48.7 Å². The van der Waals surface area contributed by atoms with Gasteiger partial charge in [0.15, 0.2) is 0 Å². The van der Waals surface area contributed by atoms with E-state index in [0.717, 1.165) is 31.1 Å². The third-order valence-corrected chi connectivity index (χ3v) is 6.44. The van der Waals surface area contributed by atoms with E-state index in [1.807, 2.05) is 45.0 Å². The highest BCUT2D eigenvalue weighted by Crippen LogP contribution is 2.29. The number of carbonyl (C=O) groups excluding carboxylic acids is 2. The van der Waals surface area contributed by atoms with Crippen molar-refractivity contribution >= 4 is 22.9 Å². The molecule has 2 aromatic heterocycles. The second-order valence-electron chi connectivity index (χ2n) is 10.4. The van der Waals surface area contributed by atoms with Gasteiger partial charge in [-0.25, -0.2) is 14.8 Å². The molecule has 8 heteroatoms. The molecule has 7 nitrogen and oxygen atoms in total. The van der Waals surface area contributed by atoms with Crippen LogP contribution in [0.1, 0.15) is 56.8 Å². The fourth-order valence-corrected chi connectivity index (χ4v) is 4.55. The molecule has 0 saturated heterocycles. The maximum Gasteiger partial charge on any atom is 0.407 e. The largest absolute Gasteiger partial charge is 0.444 e. The van der Waals surface area contributed by atoms with Crippen molar-refractivity contribution in [2.24, 2.45) is 11.8 Å². The molecular weight excluding hydrogens is 459 g/mol. The molecule has 3 aromatic rings. The van der Waals surface area contributed by atoms with Gasteiger partial charge >= 0.3 is 6.09 Å². The van der Waals surface area contributed by atoms with Crippen LogP contribution in [0.4, 0.5) is 9.18 Å². The zero-order valence-corrected chi connectivity index (χ0v) is 21.0. The summed E-state index contributed by atoms with van der Waals surface area (Å²) in [5.41, 5.74) is 1.95. The molecule has 0 spiro atoms. The van der Waals surface area contributed by atoms with Crippen LogP contribution in [0.5, 0.6) is 0 Å². The molecule has 1 fully saturated rings. The average molecular weight is 493 g/mol. The molecule has 2 amide bonds. The molecule has 0 radical (unpaired) electrons. The number of benzene rings is 1. The van der Waals surface area contributed by atoms with E-state index < -0.39 is 11.5 Å². The SMILES string of the molecule is CC(C)(C)OC(=O)NCC1CCC(CNC(=O)c2cc(-c3ccc(F)nc3)nc3ccccc23)CC1. The first-order chi connectivity index (χ1) is 17.2. The van der Waals surface area contributed by atoms with Gasteiger partial charge < -0.3 is 15.4 Å². The molecule has 190 valence electrons. The minimum absolute atomic E-state index is 0.154. The lowest BCUT2D eigenvalue weighted by Crippen LogP contribution is -2.37. The average Bonchev–Trinajstić information content (AvgIpc) is 2.85. The molecule has 2 N–H and O–H groups in total. The van der Waals surface area contributed by atoms with E-state index >= 15 is 0 Å². The Kier molecular flexibility index (Phi) is 7.82. The molecule has 0 aliphatic heterocycles. The number of para-hydroxylation sites is 1. The topological polar surface area (TPSA) is 93.2 Å². The molecule has 36 heavy (non-hydrogen) atoms. The van der Waals surface area contributed by atoms with Crippen LogP contribution in [-0.4, -0.2) is 40.7 Å². The number of halogens is 1. The summed E-state index contributed by atoms with van der Waals surface area (Å²) >= 11 is 0. The van der Waals surface area contributed by atoms with Crippen LogP contribution < -0.4 is 10.6 Å². The predicted molar refractivity (Wildman–Crippen MR) is 137 cm³/mol. The summed E-state index contributed by atoms with van der Waals surface area (Å²) in [4.78, 5) is 33.5. The van der Waals surface area contributed by atoms with Gasteiger partial charge in [-0.05, 0) is 82.6 Å². The van der Waals surface area contributed by atoms with Gasteiger partial charge in [0.05, 0.1) is 16.8 Å². The van der Waals surface area contributed by atoms with Crippen molar-refractivity contribution in [1.82, 2.24) is 20.6 Å². The van der Waals surface area contributed by atoms with Crippen LogP contribution in [0.25, 0.3) is 22.2 Å². The number of aromatic nitrogens is 2. The van der Waals surface area contributed by atoms with E-state index in [-0.39, 0.29) is 12.0 Å². The number of nitrogens with zero attached hydrogens (tertiary/aromatic N) is 2. The fraction of sp³-hybridized carbons (Fsp3) is 0.429. The number of pyridine rings is 2. The number of hydrogen-bond donors (Lipinski definition) is 2. The summed E-state index contributed by atoms with van der Waals surface area (Å²) in [6.07, 6.45) is 5.02. The molecule has 1 aliphatic carbocycles. The molecule has 2 heterocycles. The number of alkyl carbamates (subject to hydrolysis) is 1. The van der Waals surface area contributed by atoms with Gasteiger partial charge in [0.2, 0.25) is 5.95 Å². The molecule has 1 saturated carbocycles. The van der Waals surface area contributed by atoms with Crippen LogP contribution >= 0.6 is 0 Å². The standard InChI is InChI=1S/C28H33FN4O3/c1-28(2,3)36-27(35)32-16-19-10-8-18(9-11-19)15-31-26(34)22-14-24(20-12-13-25(29)30-17-20)33-23-7-5-4-6-21(22)23/h4-7,12-14,17-19H,8-11,15-16H2,1-3H3,(H,31,34)(H,32,35). The highest BCUT2D eigenvalue weighted by atomic mass is 19.1. The normalized spacial score (nSPS) is 18.0. The third-order valence-electron chi connectivity index (χ3n) is 6.44. The first-order valence-corrected chi connectivity index (χ1v) is 12.4. The van der Waals surface area contributed by atoms with E-state index in [0.29, 0.717) is 47.3 Å². The zero-order chi connectivity index (χ0) is 25.7. The van der Waals surface area contributed by atoms with Crippen LogP contribution in [-0.2, 0) is 4.74 Å². The van der Waals surface area contributed by atoms with E-state index in [2.05, 4.69) is 20.6 Å². The summed E-state index contributed by atoms with van der Waals surface area (Å²) in [6, 6.07) is 12.1. The minimum Gasteiger partial charge on any atom is -0.444 e. The first-order valence-electron chi connectivity index (χ1n) is 12.4. The predicted octanol–water partition coefficient (Wildman–Crippen LogP) is 5.50. The Bertz CT molecular complexity index is 1220. The van der Waals surface area contributed by atoms with Crippen molar-refractivity contribution in [3.8, 4) is 11.3 Å². The molecule has 0 bridgehead atoms. The number of nitrogens with one attached hydrogen (secondary N) is 2. The highest BCUT2D eigenvalue weighted by molar-refractivity contribution is 6.07. The number of fused-ring (bicyclic) bond motifs is 1. The Morgan fingerprint density at radius 2 is 1.67 bits per heavy atom. The molecule has 1 aromatic carbocycles. The lowest BCUT2D eigenvalue weighted by molar-refractivity contribution is 0.0512. The number of hydrogen-bond acceptors (Lipinski definition) is 5. The van der Waals surface area contributed by atoms with E-state index in [9.17, 15) is 14.0 Å². The third kappa shape index (κ3) is 6.77. The van der Waals surface area contributed by atoms with Gasteiger partial charge in [0.25, 0.3) is 5.91 Å². The monoisotopic (exact) mass is 492 g/mol. The molecule has 0 atom stereocenters. The van der Waals surface area contributed by atoms with Gasteiger partial charge in [0.1, 0.15) is 5.60 Å². The fourth-order valence-electron chi connectivity index (χ4n) is 4.55. The Balaban J connectivity index is 1.35. The van der Waals surface area contributed by atoms with Gasteiger partial charge in [-0.1, -0.05) is 18.2 Å². The van der Waals surface area contributed by atoms with E-state index in [4.69, 9.17) is 4.74 Å². The Labute approximate surface area is 210 Å². The van der Waals surface area contributed by atoms with E-state index in [1.54, 1.807) is 12.1 Å². The molecule has 1 aliphatic rings. The maximum absolute atomic E-state index is 13.3. The lowest BCUT2D eigenvalue weighted by atomic mass is 9.82. The van der Waals surface area contributed by atoms with E-state index in [1.165, 1.54) is 12.3 Å². The Hall–Kier alpha value is -3.55. The van der Waals surface area contributed by atoms with Crippen molar-refractivity contribution in [2.45, 2.75) is 52.1 Å². The van der Waals surface area contributed by atoms with Crippen LogP contribution in [0.2, 0.25) is 0 Å². The second kappa shape index (κ2) is 11.0. The van der Waals surface area contributed by atoms with Crippen LogP contribution in [0, 0.1) is 17.8 Å². The summed E-state index contributed by atoms with van der Waals surface area (Å²) in [5, 5.41) is 6.75. The van der Waals surface area contributed by atoms with Crippen molar-refractivity contribution in [3.05, 3.63) is 60.2 Å². The Morgan fingerprint density at radius 3 is 2.31 bits per heavy atom. The first kappa shape index (κ1) is 25.5. The molecular formula is C28H33FN4O3. The molecule has 4 rings (SSSR count). The quantitative estimate of drug-likeness (QED) is 0.444. The summed E-state index contributed by atoms with van der Waals surface area (Å²) in [6.45, 7) is 6.75. The van der Waals surface area contributed by atoms with Gasteiger partial charge in [-0.3, -0.25) is 4.79 Å². The van der Waals surface area contributed by atoms with Crippen molar-refractivity contribution in [1.29, 1.82) is 0 Å². The smallest absolute Gasteiger partial charge is 0.407 e. The zero-order valence-electron chi connectivity index (χ0n) is 21.0. The second-order valence-corrected chi connectivity index (χ2v) is 10.4. The number of rotatable bonds is 6. The van der Waals surface area contributed by atoms with Crippen molar-refractivity contribution in [2.75, 3.05) is 13.1 Å². The maximum atomic E-state index is 13.3. The van der Waals surface area contributed by atoms with Crippen LogP contribution in [0.3, 0.4) is 0 Å². The summed E-state index contributed by atoms with van der Waals surface area (Å²) in [7, 11) is 0. The van der Waals surface area contributed by atoms with Gasteiger partial charge in [-0.15, -0.1) is 0 Å². The van der Waals surface area contributed by atoms with Crippen molar-refractivity contribution in [3.63, 3.8) is 0 Å². The summed E-state index contributed by atoms with van der Waals surface area (Å²) in [5.74, 6) is 0.0903. The highest BCUT2D eigenvalue weighted by Gasteiger charge is 2.24. The number of carbonyl (C=O) groups is 2. The summed E-state index contributed by atoms with van der Waals surface area (Å²) < 4.78 is 18.6. The lowest BCUT2D eigenvalue weighted by Gasteiger charge is -2.29. The minimum atomic E-state index is -0.562. The number of amides is 2. The number of ether oxygens (including phenoxy) is 1. The Morgan fingerprint density at radius 1 is 1.00 bits per heavy atom. The van der Waals surface area contributed by atoms with Gasteiger partial charge in [-0.2, -0.15) is 4.39 Å². The molecule has 0 unspecified atom stereocenters. The van der Waals surface area contributed by atoms with Crippen molar-refractivity contribution < 1.29 is 18.7 Å².